The zero-order valence-corrected chi connectivity index (χ0v) is 13.9. The maximum atomic E-state index is 11.9. The van der Waals surface area contributed by atoms with Gasteiger partial charge in [0.25, 0.3) is 5.91 Å². The van der Waals surface area contributed by atoms with Gasteiger partial charge in [-0.05, 0) is 54.6 Å². The monoisotopic (exact) mass is 344 g/mol. The molecule has 128 valence electrons. The van der Waals surface area contributed by atoms with Gasteiger partial charge in [-0.25, -0.2) is 0 Å². The van der Waals surface area contributed by atoms with Gasteiger partial charge in [-0.1, -0.05) is 24.3 Å². The molecule has 3 aromatic carbocycles. The first-order valence-corrected chi connectivity index (χ1v) is 7.99. The van der Waals surface area contributed by atoms with Gasteiger partial charge in [-0.2, -0.15) is 5.26 Å². The van der Waals surface area contributed by atoms with Crippen molar-refractivity contribution >= 4 is 11.6 Å². The number of anilines is 1. The van der Waals surface area contributed by atoms with Gasteiger partial charge in [-0.3, -0.25) is 4.79 Å². The molecule has 3 rings (SSSR count). The Bertz CT molecular complexity index is 916. The zero-order chi connectivity index (χ0) is 18.2. The molecule has 0 saturated carbocycles. The number of hydrogen-bond donors (Lipinski definition) is 1. The summed E-state index contributed by atoms with van der Waals surface area (Å²) in [5.74, 6) is 1.69. The highest BCUT2D eigenvalue weighted by Gasteiger charge is 2.05. The molecule has 0 atom stereocenters. The molecule has 3 aromatic rings. The molecule has 26 heavy (non-hydrogen) atoms. The Morgan fingerprint density at radius 2 is 1.58 bits per heavy atom. The van der Waals surface area contributed by atoms with E-state index in [-0.39, 0.29) is 12.5 Å². The second kappa shape index (κ2) is 8.36. The SMILES string of the molecule is N#Cc1cccc(NC(=O)COc2ccc(Oc3ccccc3)cc2)c1. The lowest BCUT2D eigenvalue weighted by Gasteiger charge is -2.09. The maximum Gasteiger partial charge on any atom is 0.262 e. The number of para-hydroxylation sites is 1. The summed E-state index contributed by atoms with van der Waals surface area (Å²) in [4.78, 5) is 11.9. The summed E-state index contributed by atoms with van der Waals surface area (Å²) >= 11 is 0. The van der Waals surface area contributed by atoms with E-state index in [9.17, 15) is 4.79 Å². The molecular formula is C21H16N2O3. The number of ether oxygens (including phenoxy) is 2. The van der Waals surface area contributed by atoms with Crippen molar-refractivity contribution in [1.29, 1.82) is 5.26 Å². The van der Waals surface area contributed by atoms with Crippen molar-refractivity contribution in [2.24, 2.45) is 0 Å². The van der Waals surface area contributed by atoms with Crippen LogP contribution in [0, 0.1) is 11.3 Å². The molecule has 0 heterocycles. The number of nitrogens with one attached hydrogen (secondary N) is 1. The second-order valence-electron chi connectivity index (χ2n) is 5.42. The van der Waals surface area contributed by atoms with Gasteiger partial charge in [0.05, 0.1) is 11.6 Å². The number of benzene rings is 3. The number of rotatable bonds is 6. The minimum absolute atomic E-state index is 0.129. The molecule has 0 aliphatic rings. The first-order chi connectivity index (χ1) is 12.7. The number of nitriles is 1. The first-order valence-electron chi connectivity index (χ1n) is 7.99. The summed E-state index contributed by atoms with van der Waals surface area (Å²) in [6.45, 7) is -0.129. The second-order valence-corrected chi connectivity index (χ2v) is 5.42. The Hall–Kier alpha value is -3.78. The highest BCUT2D eigenvalue weighted by molar-refractivity contribution is 5.92. The first kappa shape index (κ1) is 17.1. The molecule has 5 nitrogen and oxygen atoms in total. The number of amides is 1. The number of carbonyl (C=O) groups excluding carboxylic acids is 1. The van der Waals surface area contributed by atoms with E-state index in [4.69, 9.17) is 14.7 Å². The molecule has 0 spiro atoms. The van der Waals surface area contributed by atoms with Crippen LogP contribution in [-0.4, -0.2) is 12.5 Å². The summed E-state index contributed by atoms with van der Waals surface area (Å²) in [5.41, 5.74) is 1.04. The standard InChI is InChI=1S/C21H16N2O3/c22-14-16-5-4-6-17(13-16)23-21(24)15-25-18-9-11-20(12-10-18)26-19-7-2-1-3-8-19/h1-13H,15H2,(H,23,24). The Kier molecular flexibility index (Phi) is 5.48. The number of carbonyl (C=O) groups is 1. The molecule has 0 aliphatic carbocycles. The Labute approximate surface area is 151 Å². The minimum atomic E-state index is -0.301. The van der Waals surface area contributed by atoms with Gasteiger partial charge in [0.15, 0.2) is 6.61 Å². The summed E-state index contributed by atoms with van der Waals surface area (Å²) in [6.07, 6.45) is 0. The van der Waals surface area contributed by atoms with Crippen LogP contribution < -0.4 is 14.8 Å². The van der Waals surface area contributed by atoms with Crippen LogP contribution in [-0.2, 0) is 4.79 Å². The van der Waals surface area contributed by atoms with E-state index in [0.29, 0.717) is 22.7 Å². The molecule has 1 amide bonds. The van der Waals surface area contributed by atoms with Crippen molar-refractivity contribution in [2.75, 3.05) is 11.9 Å². The van der Waals surface area contributed by atoms with Crippen LogP contribution in [0.4, 0.5) is 5.69 Å². The van der Waals surface area contributed by atoms with E-state index in [2.05, 4.69) is 5.32 Å². The Balaban J connectivity index is 1.51. The highest BCUT2D eigenvalue weighted by Crippen LogP contribution is 2.23. The van der Waals surface area contributed by atoms with E-state index in [1.54, 1.807) is 48.5 Å². The van der Waals surface area contributed by atoms with Crippen molar-refractivity contribution in [3.63, 3.8) is 0 Å². The predicted molar refractivity (Wildman–Crippen MR) is 98.2 cm³/mol. The van der Waals surface area contributed by atoms with E-state index < -0.39 is 0 Å². The average molecular weight is 344 g/mol. The van der Waals surface area contributed by atoms with Gasteiger partial charge in [0.1, 0.15) is 17.2 Å². The van der Waals surface area contributed by atoms with E-state index in [1.165, 1.54) is 0 Å². The lowest BCUT2D eigenvalue weighted by atomic mass is 10.2. The van der Waals surface area contributed by atoms with Crippen molar-refractivity contribution in [3.8, 4) is 23.3 Å². The third-order valence-corrected chi connectivity index (χ3v) is 3.45. The lowest BCUT2D eigenvalue weighted by Crippen LogP contribution is -2.20. The quantitative estimate of drug-likeness (QED) is 0.721. The summed E-state index contributed by atoms with van der Waals surface area (Å²) in [7, 11) is 0. The summed E-state index contributed by atoms with van der Waals surface area (Å²) < 4.78 is 11.2. The molecule has 1 N–H and O–H groups in total. The van der Waals surface area contributed by atoms with Crippen molar-refractivity contribution in [1.82, 2.24) is 0 Å². The van der Waals surface area contributed by atoms with Crippen LogP contribution in [0.1, 0.15) is 5.56 Å². The van der Waals surface area contributed by atoms with Gasteiger partial charge in [0, 0.05) is 5.69 Å². The van der Waals surface area contributed by atoms with Crippen LogP contribution in [0.5, 0.6) is 17.2 Å². The van der Waals surface area contributed by atoms with Crippen LogP contribution in [0.15, 0.2) is 78.9 Å². The molecule has 0 aliphatic heterocycles. The molecule has 0 unspecified atom stereocenters. The fourth-order valence-corrected chi connectivity index (χ4v) is 2.24. The molecule has 0 bridgehead atoms. The predicted octanol–water partition coefficient (Wildman–Crippen LogP) is 4.37. The van der Waals surface area contributed by atoms with E-state index in [0.717, 1.165) is 5.75 Å². The molecule has 0 saturated heterocycles. The maximum absolute atomic E-state index is 11.9. The van der Waals surface area contributed by atoms with Crippen LogP contribution in [0.25, 0.3) is 0 Å². The molecular weight excluding hydrogens is 328 g/mol. The molecule has 0 radical (unpaired) electrons. The third kappa shape index (κ3) is 4.86. The fraction of sp³-hybridized carbons (Fsp3) is 0.0476. The highest BCUT2D eigenvalue weighted by atomic mass is 16.5. The topological polar surface area (TPSA) is 71.4 Å². The van der Waals surface area contributed by atoms with Gasteiger partial charge < -0.3 is 14.8 Å². The molecule has 0 fully saturated rings. The summed E-state index contributed by atoms with van der Waals surface area (Å²) in [6, 6.07) is 25.2. The van der Waals surface area contributed by atoms with Crippen LogP contribution in [0.3, 0.4) is 0 Å². The van der Waals surface area contributed by atoms with E-state index in [1.807, 2.05) is 36.4 Å². The lowest BCUT2D eigenvalue weighted by molar-refractivity contribution is -0.118. The fourth-order valence-electron chi connectivity index (χ4n) is 2.24. The smallest absolute Gasteiger partial charge is 0.262 e. The Morgan fingerprint density at radius 3 is 2.31 bits per heavy atom. The average Bonchev–Trinajstić information content (AvgIpc) is 2.68. The molecule has 0 aromatic heterocycles. The third-order valence-electron chi connectivity index (χ3n) is 3.45. The Morgan fingerprint density at radius 1 is 0.885 bits per heavy atom. The number of hydrogen-bond acceptors (Lipinski definition) is 4. The summed E-state index contributed by atoms with van der Waals surface area (Å²) in [5, 5.41) is 11.6. The largest absolute Gasteiger partial charge is 0.484 e. The zero-order valence-electron chi connectivity index (χ0n) is 13.9. The molecule has 5 heteroatoms. The van der Waals surface area contributed by atoms with Crippen molar-refractivity contribution < 1.29 is 14.3 Å². The van der Waals surface area contributed by atoms with Gasteiger partial charge in [0.2, 0.25) is 0 Å². The normalized spacial score (nSPS) is 9.81. The van der Waals surface area contributed by atoms with E-state index >= 15 is 0 Å². The van der Waals surface area contributed by atoms with Crippen LogP contribution >= 0.6 is 0 Å². The number of nitrogens with zero attached hydrogens (tertiary/aromatic N) is 1. The minimum Gasteiger partial charge on any atom is -0.484 e. The van der Waals surface area contributed by atoms with Gasteiger partial charge in [-0.15, -0.1) is 0 Å². The van der Waals surface area contributed by atoms with Gasteiger partial charge >= 0.3 is 0 Å². The van der Waals surface area contributed by atoms with Crippen molar-refractivity contribution in [3.05, 3.63) is 84.4 Å². The van der Waals surface area contributed by atoms with Crippen LogP contribution in [0.2, 0.25) is 0 Å². The van der Waals surface area contributed by atoms with Crippen molar-refractivity contribution in [2.45, 2.75) is 0 Å².